The summed E-state index contributed by atoms with van der Waals surface area (Å²) in [5, 5.41) is 10.2. The number of carbonyl (C=O) groups is 1. The summed E-state index contributed by atoms with van der Waals surface area (Å²) < 4.78 is 0. The summed E-state index contributed by atoms with van der Waals surface area (Å²) in [7, 11) is 0. The molecule has 4 heteroatoms. The van der Waals surface area contributed by atoms with Crippen LogP contribution in [0.15, 0.2) is 41.7 Å². The Bertz CT molecular complexity index is 905. The molecule has 4 aliphatic rings. The molecule has 29 heavy (non-hydrogen) atoms. The number of nitrogens with two attached hydrogens (primary N) is 1. The molecular formula is C25H32N2O2. The van der Waals surface area contributed by atoms with E-state index in [1.54, 1.807) is 6.20 Å². The van der Waals surface area contributed by atoms with Gasteiger partial charge < -0.3 is 10.8 Å². The predicted octanol–water partition coefficient (Wildman–Crippen LogP) is 4.25. The molecule has 0 spiro atoms. The number of ketones is 1. The molecule has 0 radical (unpaired) electrons. The Labute approximate surface area is 173 Å². The van der Waals surface area contributed by atoms with Crippen molar-refractivity contribution in [3.05, 3.63) is 47.4 Å². The van der Waals surface area contributed by atoms with E-state index in [1.165, 1.54) is 5.57 Å². The maximum atomic E-state index is 13.7. The third-order valence-electron chi connectivity index (χ3n) is 8.90. The van der Waals surface area contributed by atoms with Gasteiger partial charge in [0, 0.05) is 17.3 Å². The third kappa shape index (κ3) is 2.68. The summed E-state index contributed by atoms with van der Waals surface area (Å²) in [4.78, 5) is 18.2. The summed E-state index contributed by atoms with van der Waals surface area (Å²) >= 11 is 0. The average molecular weight is 393 g/mol. The van der Waals surface area contributed by atoms with E-state index in [2.05, 4.69) is 24.9 Å². The van der Waals surface area contributed by atoms with Gasteiger partial charge in [-0.2, -0.15) is 0 Å². The molecule has 1 heterocycles. The van der Waals surface area contributed by atoms with Crippen LogP contribution in [-0.2, 0) is 4.79 Å². The van der Waals surface area contributed by atoms with Gasteiger partial charge in [-0.25, -0.2) is 0 Å². The Morgan fingerprint density at radius 2 is 1.90 bits per heavy atom. The highest BCUT2D eigenvalue weighted by atomic mass is 16.3. The van der Waals surface area contributed by atoms with Crippen LogP contribution in [-0.4, -0.2) is 22.0 Å². The highest BCUT2D eigenvalue weighted by molar-refractivity contribution is 6.24. The zero-order valence-corrected chi connectivity index (χ0v) is 17.5. The van der Waals surface area contributed by atoms with Gasteiger partial charge in [-0.05, 0) is 80.2 Å². The van der Waals surface area contributed by atoms with Crippen LogP contribution in [0.2, 0.25) is 0 Å². The molecule has 0 aliphatic heterocycles. The Kier molecular flexibility index (Phi) is 4.29. The molecule has 6 atom stereocenters. The highest BCUT2D eigenvalue weighted by Crippen LogP contribution is 2.63. The lowest BCUT2D eigenvalue weighted by Crippen LogP contribution is -2.54. The van der Waals surface area contributed by atoms with E-state index in [4.69, 9.17) is 5.73 Å². The normalized spacial score (nSPS) is 41.9. The van der Waals surface area contributed by atoms with Crippen molar-refractivity contribution in [3.8, 4) is 0 Å². The number of aliphatic hydroxyl groups is 1. The number of carbonyl (C=O) groups excluding carboxylic acids is 1. The second-order valence-corrected chi connectivity index (χ2v) is 10.3. The van der Waals surface area contributed by atoms with Crippen molar-refractivity contribution >= 4 is 11.4 Å². The van der Waals surface area contributed by atoms with Crippen LogP contribution in [0.5, 0.6) is 0 Å². The predicted molar refractivity (Wildman–Crippen MR) is 113 cm³/mol. The fourth-order valence-corrected chi connectivity index (χ4v) is 7.18. The van der Waals surface area contributed by atoms with E-state index in [-0.39, 0.29) is 22.7 Å². The Morgan fingerprint density at radius 1 is 1.10 bits per heavy atom. The summed E-state index contributed by atoms with van der Waals surface area (Å²) in [6, 6.07) is 5.70. The number of rotatable bonds is 1. The number of allylic oxidation sites excluding steroid dienone is 3. The number of Topliss-reactive ketones (excluding diaryl/α,β-unsaturated/α-hetero) is 1. The molecule has 0 amide bonds. The van der Waals surface area contributed by atoms with Gasteiger partial charge in [-0.15, -0.1) is 0 Å². The lowest BCUT2D eigenvalue weighted by atomic mass is 9.45. The topological polar surface area (TPSA) is 76.2 Å². The maximum Gasteiger partial charge on any atom is 0.172 e. The van der Waals surface area contributed by atoms with Crippen LogP contribution in [0.3, 0.4) is 0 Å². The van der Waals surface area contributed by atoms with Crippen molar-refractivity contribution in [2.75, 3.05) is 0 Å². The van der Waals surface area contributed by atoms with Gasteiger partial charge in [0.15, 0.2) is 5.78 Å². The minimum atomic E-state index is -0.354. The summed E-state index contributed by atoms with van der Waals surface area (Å²) in [5.74, 6) is 1.57. The van der Waals surface area contributed by atoms with Crippen LogP contribution in [0.4, 0.5) is 0 Å². The summed E-state index contributed by atoms with van der Waals surface area (Å²) in [6.07, 6.45) is 10.5. The zero-order valence-electron chi connectivity index (χ0n) is 17.5. The lowest BCUT2D eigenvalue weighted by Gasteiger charge is -2.59. The van der Waals surface area contributed by atoms with Gasteiger partial charge in [0.2, 0.25) is 0 Å². The molecular weight excluding hydrogens is 360 g/mol. The minimum absolute atomic E-state index is 0.173. The minimum Gasteiger partial charge on any atom is -0.401 e. The monoisotopic (exact) mass is 392 g/mol. The molecule has 1 aromatic rings. The molecule has 3 N–H and O–H groups in total. The van der Waals surface area contributed by atoms with Gasteiger partial charge in [-0.3, -0.25) is 9.78 Å². The zero-order chi connectivity index (χ0) is 20.4. The second kappa shape index (κ2) is 6.53. The van der Waals surface area contributed by atoms with Gasteiger partial charge in [0.25, 0.3) is 0 Å². The first-order valence-corrected chi connectivity index (χ1v) is 11.2. The molecule has 154 valence electrons. The molecule has 5 rings (SSSR count). The number of hydrogen-bond acceptors (Lipinski definition) is 4. The van der Waals surface area contributed by atoms with E-state index in [0.29, 0.717) is 23.3 Å². The highest BCUT2D eigenvalue weighted by Gasteiger charge is 2.58. The van der Waals surface area contributed by atoms with Crippen molar-refractivity contribution in [3.63, 3.8) is 0 Å². The third-order valence-corrected chi connectivity index (χ3v) is 8.90. The van der Waals surface area contributed by atoms with Crippen LogP contribution >= 0.6 is 0 Å². The van der Waals surface area contributed by atoms with Gasteiger partial charge in [0.05, 0.1) is 17.4 Å². The van der Waals surface area contributed by atoms with Crippen molar-refractivity contribution < 1.29 is 9.90 Å². The largest absolute Gasteiger partial charge is 0.401 e. The van der Waals surface area contributed by atoms with Crippen molar-refractivity contribution in [1.82, 2.24) is 4.98 Å². The first-order chi connectivity index (χ1) is 13.8. The lowest BCUT2D eigenvalue weighted by molar-refractivity contribution is -0.135. The van der Waals surface area contributed by atoms with E-state index in [0.717, 1.165) is 56.3 Å². The van der Waals surface area contributed by atoms with Gasteiger partial charge >= 0.3 is 0 Å². The quantitative estimate of drug-likeness (QED) is 0.701. The maximum absolute atomic E-state index is 13.7. The molecule has 0 bridgehead atoms. The van der Waals surface area contributed by atoms with Crippen molar-refractivity contribution in [2.24, 2.45) is 34.3 Å². The number of fused-ring (bicyclic) bond motifs is 5. The fourth-order valence-electron chi connectivity index (χ4n) is 7.18. The van der Waals surface area contributed by atoms with E-state index in [9.17, 15) is 9.90 Å². The van der Waals surface area contributed by atoms with Crippen LogP contribution in [0.1, 0.15) is 64.5 Å². The SMILES string of the molecule is C[C@]12CC[C@H](O)CC1=CC[C@@H]1[C@@H]2CC[C@]2(C)C(=O)C(c3ccccn3)=C(N)C[C@@H]12. The fraction of sp³-hybridized carbons (Fsp3) is 0.600. The molecule has 2 fully saturated rings. The first-order valence-electron chi connectivity index (χ1n) is 11.2. The van der Waals surface area contributed by atoms with Gasteiger partial charge in [0.1, 0.15) is 0 Å². The van der Waals surface area contributed by atoms with Crippen LogP contribution in [0.25, 0.3) is 5.57 Å². The summed E-state index contributed by atoms with van der Waals surface area (Å²) in [5.41, 5.74) is 9.91. The van der Waals surface area contributed by atoms with E-state index >= 15 is 0 Å². The number of aromatic nitrogens is 1. The van der Waals surface area contributed by atoms with E-state index in [1.807, 2.05) is 18.2 Å². The Morgan fingerprint density at radius 3 is 2.66 bits per heavy atom. The second-order valence-electron chi connectivity index (χ2n) is 10.3. The number of nitrogens with zero attached hydrogens (tertiary/aromatic N) is 1. The van der Waals surface area contributed by atoms with Crippen LogP contribution in [0, 0.1) is 28.6 Å². The number of pyridine rings is 1. The molecule has 4 aliphatic carbocycles. The molecule has 0 saturated heterocycles. The Balaban J connectivity index is 1.53. The standard InChI is InChI=1S/C25H32N2O2/c1-24-10-8-16(28)13-15(24)6-7-17-18(24)9-11-25(2)19(17)14-20(26)22(23(25)29)21-5-3-4-12-27-21/h3-6,12,16-19,28H,7-11,13-14,26H2,1-2H3/t16-,17+,18-,19-,24-,25-/m0/s1. The van der Waals surface area contributed by atoms with Gasteiger partial charge in [-0.1, -0.05) is 31.6 Å². The molecule has 4 nitrogen and oxygen atoms in total. The van der Waals surface area contributed by atoms with Crippen molar-refractivity contribution in [2.45, 2.75) is 64.9 Å². The molecule has 0 aromatic carbocycles. The van der Waals surface area contributed by atoms with Crippen LogP contribution < -0.4 is 5.73 Å². The molecule has 0 unspecified atom stereocenters. The molecule has 2 saturated carbocycles. The first kappa shape index (κ1) is 19.0. The smallest absolute Gasteiger partial charge is 0.172 e. The number of hydrogen-bond donors (Lipinski definition) is 2. The number of aliphatic hydroxyl groups excluding tert-OH is 1. The molecule has 1 aromatic heterocycles. The van der Waals surface area contributed by atoms with E-state index < -0.39 is 0 Å². The average Bonchev–Trinajstić information content (AvgIpc) is 2.71. The summed E-state index contributed by atoms with van der Waals surface area (Å²) in [6.45, 7) is 4.59. The Hall–Kier alpha value is -1.94. The van der Waals surface area contributed by atoms with Crippen molar-refractivity contribution in [1.29, 1.82) is 0 Å².